The molecule has 0 nitrogen and oxygen atoms in total. The van der Waals surface area contributed by atoms with Crippen LogP contribution in [0.3, 0.4) is 0 Å². The van der Waals surface area contributed by atoms with Gasteiger partial charge >= 0.3 is 0 Å². The molecule has 11 rings (SSSR count). The predicted octanol–water partition coefficient (Wildman–Crippen LogP) is 13.6. The van der Waals surface area contributed by atoms with Crippen molar-refractivity contribution in [2.75, 3.05) is 0 Å². The highest BCUT2D eigenvalue weighted by molar-refractivity contribution is 6.27. The third-order valence-corrected chi connectivity index (χ3v) is 8.56. The van der Waals surface area contributed by atoms with Crippen molar-refractivity contribution < 1.29 is 38.4 Å². The van der Waals surface area contributed by atoms with E-state index < -0.39 is 256 Å². The lowest BCUT2D eigenvalue weighted by molar-refractivity contribution is 1.62. The van der Waals surface area contributed by atoms with E-state index in [0.717, 1.165) is 0 Å². The van der Waals surface area contributed by atoms with Gasteiger partial charge in [-0.05, 0) is 109 Å². The first kappa shape index (κ1) is 10.9. The Bertz CT molecular complexity index is 4610. The summed E-state index contributed by atoms with van der Waals surface area (Å²) >= 11 is 0. The van der Waals surface area contributed by atoms with E-state index in [-0.39, 0.29) is 21.5 Å². The average molecular weight is 633 g/mol. The number of rotatable bonds is 3. The molecule has 0 aliphatic carbocycles. The van der Waals surface area contributed by atoms with E-state index in [9.17, 15) is 19.2 Å². The first-order valence-electron chi connectivity index (χ1n) is 28.5. The largest absolute Gasteiger partial charge is 0.0630 e. The van der Waals surface area contributed by atoms with Crippen molar-refractivity contribution in [2.45, 2.75) is 0 Å². The fraction of sp³-hybridized carbons (Fsp3) is 0. The van der Waals surface area contributed by atoms with Crippen LogP contribution in [0.2, 0.25) is 0 Å². The molecule has 0 heterocycles. The highest BCUT2D eigenvalue weighted by Gasteiger charge is 2.18. The van der Waals surface area contributed by atoms with Gasteiger partial charge in [0.2, 0.25) is 0 Å². The quantitative estimate of drug-likeness (QED) is 0.170. The molecule has 0 aromatic heterocycles. The fourth-order valence-electron chi connectivity index (χ4n) is 6.50. The van der Waals surface area contributed by atoms with Crippen molar-refractivity contribution in [1.82, 2.24) is 0 Å². The van der Waals surface area contributed by atoms with Gasteiger partial charge in [0.05, 0.1) is 38.4 Å². The molecule has 220 valence electrons. The molecule has 0 saturated heterocycles. The number of fused-ring (bicyclic) bond motifs is 1. The molecule has 11 aromatic rings. The Morgan fingerprint density at radius 3 is 1.00 bits per heavy atom. The molecule has 0 N–H and O–H groups in total. The van der Waals surface area contributed by atoms with E-state index >= 15 is 0 Å². The van der Waals surface area contributed by atoms with Gasteiger partial charge in [-0.2, -0.15) is 0 Å². The van der Waals surface area contributed by atoms with E-state index in [0.29, 0.717) is 0 Å². The van der Waals surface area contributed by atoms with Gasteiger partial charge in [-0.3, -0.25) is 0 Å². The zero-order valence-electron chi connectivity index (χ0n) is 52.0. The third kappa shape index (κ3) is 3.49. The van der Waals surface area contributed by atoms with Crippen LogP contribution in [-0.4, -0.2) is 0 Å². The molecule has 0 atom stereocenters. The average Bonchev–Trinajstić information content (AvgIpc) is 3.40. The van der Waals surface area contributed by atoms with E-state index in [1.54, 1.807) is 0 Å². The second-order valence-corrected chi connectivity index (χ2v) is 11.0. The molecule has 0 spiro atoms. The van der Waals surface area contributed by atoms with Crippen LogP contribution in [-0.2, 0) is 0 Å². The van der Waals surface area contributed by atoms with Crippen LogP contribution in [0, 0.1) is 0 Å². The van der Waals surface area contributed by atoms with Gasteiger partial charge in [-0.1, -0.05) is 169 Å². The second-order valence-electron chi connectivity index (χ2n) is 11.0. The van der Waals surface area contributed by atoms with Crippen molar-refractivity contribution in [2.24, 2.45) is 0 Å². The minimum atomic E-state index is -1.11. The van der Waals surface area contributed by atoms with Crippen LogP contribution >= 0.6 is 0 Å². The zero-order valence-corrected chi connectivity index (χ0v) is 24.0. The maximum absolute atomic E-state index is 9.88. The van der Waals surface area contributed by atoms with Crippen LogP contribution in [0.15, 0.2) is 169 Å². The first-order chi connectivity index (χ1) is 35.5. The van der Waals surface area contributed by atoms with E-state index in [2.05, 4.69) is 0 Å². The summed E-state index contributed by atoms with van der Waals surface area (Å²) in [5.74, 6) is 0. The molecular formula is C48H28. The maximum Gasteiger partial charge on any atom is 0.0630 e. The van der Waals surface area contributed by atoms with Crippen molar-refractivity contribution in [3.8, 4) is 33.4 Å². The van der Waals surface area contributed by atoms with Crippen molar-refractivity contribution >= 4 is 75.4 Å². The summed E-state index contributed by atoms with van der Waals surface area (Å²) in [6.45, 7) is 0. The zero-order chi connectivity index (χ0) is 55.7. The normalized spacial score (nSPS) is 20.3. The standard InChI is InChI=1S/C48H28/c1-2-12-36-35(11-1)39(27-28-40(36)42-24-20-34-18-16-30-8-6-10-32-22-26-44(42)48(34)46(30)32)37-13-3-4-14-38(37)41-23-19-33-17-15-29-7-5-9-31-21-25-43(41)47(33)45(29)31/h1-28H/i1D,2D,3D,4D,5D,6D,7D,8D,9D,10D,11D,12D,13D,14D,15D,16D,17D,18D,19D,20D,21D,22D,23D,24D,25D,26D,27D,28D. The molecule has 0 aliphatic heterocycles. The lowest BCUT2D eigenvalue weighted by Crippen LogP contribution is -1.92. The Morgan fingerprint density at radius 2 is 0.521 bits per heavy atom. The summed E-state index contributed by atoms with van der Waals surface area (Å²) in [6, 6.07) is -24.8. The van der Waals surface area contributed by atoms with E-state index in [1.807, 2.05) is 0 Å². The fourth-order valence-corrected chi connectivity index (χ4v) is 6.50. The summed E-state index contributed by atoms with van der Waals surface area (Å²) in [5, 5.41) is -6.72. The van der Waals surface area contributed by atoms with Gasteiger partial charge in [-0.15, -0.1) is 0 Å². The van der Waals surface area contributed by atoms with Gasteiger partial charge in [-0.25, -0.2) is 0 Å². The molecule has 0 fully saturated rings. The van der Waals surface area contributed by atoms with Gasteiger partial charge in [0.15, 0.2) is 0 Å². The molecular weight excluding hydrogens is 577 g/mol. The molecule has 0 aliphatic rings. The van der Waals surface area contributed by atoms with E-state index in [1.165, 1.54) is 0 Å². The Kier molecular flexibility index (Phi) is 2.19. The molecule has 0 heteroatoms. The van der Waals surface area contributed by atoms with E-state index in [4.69, 9.17) is 19.2 Å². The molecule has 0 bridgehead atoms. The van der Waals surface area contributed by atoms with Crippen molar-refractivity contribution in [3.05, 3.63) is 169 Å². The van der Waals surface area contributed by atoms with Crippen molar-refractivity contribution in [1.29, 1.82) is 0 Å². The minimum Gasteiger partial charge on any atom is -0.0616 e. The Labute approximate surface area is 317 Å². The summed E-state index contributed by atoms with van der Waals surface area (Å²) in [4.78, 5) is 0. The SMILES string of the molecule is [2H]c1c([2H])c([2H])c(-c2c([2H])c([2H])c3c([2H])c([2H])c4c([2H])c([2H])c([2H])c5c([2H])c([2H])c2c3c45)c(-c2c([2H])c([2H])c(-c3c([2H])c([2H])c4c([2H])c([2H])c5c([2H])c([2H])c([2H])c6c([2H])c([2H])c3c4c56)c3c([2H])c([2H])c([2H])c([2H])c23)c1[2H]. The first-order valence-corrected chi connectivity index (χ1v) is 14.5. The number of hydrogen-bond acceptors (Lipinski definition) is 0. The molecule has 0 radical (unpaired) electrons. The molecule has 48 heavy (non-hydrogen) atoms. The number of benzene rings is 11. The molecule has 0 unspecified atom stereocenters. The molecule has 0 amide bonds. The summed E-state index contributed by atoms with van der Waals surface area (Å²) < 4.78 is 256. The Balaban J connectivity index is 1.41. The lowest BCUT2D eigenvalue weighted by atomic mass is 9.84. The van der Waals surface area contributed by atoms with Gasteiger partial charge in [0.1, 0.15) is 0 Å². The maximum atomic E-state index is 9.88. The van der Waals surface area contributed by atoms with Crippen LogP contribution < -0.4 is 0 Å². The lowest BCUT2D eigenvalue weighted by Gasteiger charge is -2.19. The topological polar surface area (TPSA) is 0 Å². The molecule has 11 aromatic carbocycles. The highest BCUT2D eigenvalue weighted by Crippen LogP contribution is 2.46. The van der Waals surface area contributed by atoms with Crippen LogP contribution in [0.1, 0.15) is 38.4 Å². The van der Waals surface area contributed by atoms with Gasteiger partial charge < -0.3 is 0 Å². The molecule has 0 saturated carbocycles. The Morgan fingerprint density at radius 1 is 0.208 bits per heavy atom. The summed E-state index contributed by atoms with van der Waals surface area (Å²) in [5.41, 5.74) is -4.74. The summed E-state index contributed by atoms with van der Waals surface area (Å²) in [7, 11) is 0. The van der Waals surface area contributed by atoms with Crippen molar-refractivity contribution in [3.63, 3.8) is 0 Å². The number of hydrogen-bond donors (Lipinski definition) is 0. The van der Waals surface area contributed by atoms with Crippen LogP contribution in [0.4, 0.5) is 0 Å². The second kappa shape index (κ2) is 9.64. The predicted molar refractivity (Wildman–Crippen MR) is 208 cm³/mol. The smallest absolute Gasteiger partial charge is 0.0616 e. The van der Waals surface area contributed by atoms with Crippen LogP contribution in [0.5, 0.6) is 0 Å². The third-order valence-electron chi connectivity index (χ3n) is 8.56. The van der Waals surface area contributed by atoms with Gasteiger partial charge in [0, 0.05) is 0 Å². The monoisotopic (exact) mass is 632 g/mol. The highest BCUT2D eigenvalue weighted by atomic mass is 14.2. The minimum absolute atomic E-state index is 0.300. The van der Waals surface area contributed by atoms with Crippen LogP contribution in [0.25, 0.3) is 109 Å². The summed E-state index contributed by atoms with van der Waals surface area (Å²) in [6.07, 6.45) is 0. The van der Waals surface area contributed by atoms with Gasteiger partial charge in [0.25, 0.3) is 0 Å². The Hall–Kier alpha value is -6.24.